The standard InChI is InChI=1S/4C10H16.3C10H8.3C6H6.8C3H8.6CH4O/c4*1-2-9-7-4-5-8(6-7)10(9)3-1;3*1-2-6-10-8-4-3-7-9(10)5-1;3*1-2-4-6-5-3-1;8*1-3-2;6*1-2/h4*7-10H,1-6H2;3*1-8H;3*1-6H;8*3H2,1-2H3;6*2H,1H3. The van der Waals surface area contributed by atoms with E-state index in [1.807, 2.05) is 109 Å². The lowest BCUT2D eigenvalue weighted by molar-refractivity contribution is 0.259. The Morgan fingerprint density at radius 1 is 0.145 bits per heavy atom. The molecule has 702 valence electrons. The SMILES string of the molecule is C1CC2C3CCC(C3)C2C1.C1CC2C3CCC(C3)C2C1.C1CC2C3CCC(C3)C2C1.C1CC2C3CCC(C3)C2C1.CCC.CCC.CCC.CCC.CCC.CCC.CCC.CCC.CO.CO.CO.CO.CO.CO.c1ccc2ccccc2c1.c1ccc2ccccc2c1.c1ccc2ccccc2c1.c1ccccc1.c1ccccc1.c1ccccc1. The molecule has 8 bridgehead atoms. The van der Waals surface area contributed by atoms with Crippen LogP contribution in [0.5, 0.6) is 0 Å². The van der Waals surface area contributed by atoms with Gasteiger partial charge in [0, 0.05) is 42.7 Å². The summed E-state index contributed by atoms with van der Waals surface area (Å²) in [5.74, 6) is 19.2. The van der Waals surface area contributed by atoms with Gasteiger partial charge in [-0.3, -0.25) is 0 Å². The molecule has 0 amide bonds. The third kappa shape index (κ3) is 50.3. The summed E-state index contributed by atoms with van der Waals surface area (Å²) in [6.07, 6.45) is 48.1. The fourth-order valence-corrected chi connectivity index (χ4v) is 20.6. The van der Waals surface area contributed by atoms with Crippen LogP contribution in [-0.2, 0) is 0 Å². The lowest BCUT2D eigenvalue weighted by atomic mass is 9.82. The third-order valence-electron chi connectivity index (χ3n) is 24.4. The average molecular weight is 1710 g/mol. The number of aliphatic hydroxyl groups is 6. The van der Waals surface area contributed by atoms with E-state index < -0.39 is 0 Å². The molecule has 12 fully saturated rings. The minimum atomic E-state index is 1.00. The average Bonchev–Trinajstić information content (AvgIpc) is 1.64. The molecule has 9 aromatic rings. The van der Waals surface area contributed by atoms with Crippen LogP contribution in [0.15, 0.2) is 255 Å². The molecule has 6 N–H and O–H groups in total. The van der Waals surface area contributed by atoms with Crippen molar-refractivity contribution in [2.24, 2.45) is 94.7 Å². The van der Waals surface area contributed by atoms with Crippen LogP contribution in [0.3, 0.4) is 0 Å². The fraction of sp³-hybridized carbons (Fsp3) is 0.593. The number of hydrogen-bond donors (Lipinski definition) is 6. The zero-order chi connectivity index (χ0) is 93.0. The third-order valence-corrected chi connectivity index (χ3v) is 24.4. The maximum Gasteiger partial charge on any atom is 0.0319 e. The largest absolute Gasteiger partial charge is 0.400 e. The van der Waals surface area contributed by atoms with E-state index in [-0.39, 0.29) is 0 Å². The molecule has 124 heavy (non-hydrogen) atoms. The maximum atomic E-state index is 7.00. The summed E-state index contributed by atoms with van der Waals surface area (Å²) in [6.45, 7) is 34.0. The monoisotopic (exact) mass is 1710 g/mol. The Balaban J connectivity index is -0.00000126. The molecule has 6 heteroatoms. The molecular weight excluding hydrogens is 1510 g/mol. The van der Waals surface area contributed by atoms with Gasteiger partial charge in [0.2, 0.25) is 0 Å². The summed E-state index contributed by atoms with van der Waals surface area (Å²) in [7, 11) is 6.00. The van der Waals surface area contributed by atoms with Gasteiger partial charge in [0.05, 0.1) is 0 Å². The smallest absolute Gasteiger partial charge is 0.0319 e. The molecule has 16 unspecified atom stereocenters. The first-order chi connectivity index (χ1) is 61.0. The summed E-state index contributed by atoms with van der Waals surface area (Å²) >= 11 is 0. The highest BCUT2D eigenvalue weighted by Crippen LogP contribution is 2.61. The molecule has 12 saturated carbocycles. The van der Waals surface area contributed by atoms with Crippen molar-refractivity contribution >= 4 is 32.3 Å². The van der Waals surface area contributed by atoms with Crippen molar-refractivity contribution in [2.75, 3.05) is 42.7 Å². The Morgan fingerprint density at radius 3 is 0.306 bits per heavy atom. The Kier molecular flexibility index (Phi) is 85.6. The van der Waals surface area contributed by atoms with Crippen LogP contribution in [0.4, 0.5) is 0 Å². The molecule has 0 aromatic heterocycles. The number of rotatable bonds is 0. The summed E-state index contributed by atoms with van der Waals surface area (Å²) in [6, 6.07) is 86.1. The van der Waals surface area contributed by atoms with E-state index in [2.05, 4.69) is 256 Å². The van der Waals surface area contributed by atoms with Crippen LogP contribution >= 0.6 is 0 Å². The minimum absolute atomic E-state index is 1.00. The number of hydrogen-bond acceptors (Lipinski definition) is 6. The molecule has 0 heterocycles. The van der Waals surface area contributed by atoms with Gasteiger partial charge in [0.1, 0.15) is 0 Å². The predicted octanol–water partition coefficient (Wildman–Crippen LogP) is 33.9. The van der Waals surface area contributed by atoms with E-state index >= 15 is 0 Å². The van der Waals surface area contributed by atoms with Gasteiger partial charge >= 0.3 is 0 Å². The lowest BCUT2D eigenvalue weighted by Crippen LogP contribution is -2.15. The molecule has 12 aliphatic carbocycles. The van der Waals surface area contributed by atoms with Crippen molar-refractivity contribution in [3.05, 3.63) is 255 Å². The maximum absolute atomic E-state index is 7.00. The van der Waals surface area contributed by atoms with Crippen molar-refractivity contribution in [1.29, 1.82) is 0 Å². The number of fused-ring (bicyclic) bond motifs is 23. The van der Waals surface area contributed by atoms with Gasteiger partial charge in [-0.25, -0.2) is 0 Å². The second kappa shape index (κ2) is 87.2. The van der Waals surface area contributed by atoms with E-state index in [0.717, 1.165) is 42.7 Å². The molecule has 21 rings (SSSR count). The van der Waals surface area contributed by atoms with Crippen molar-refractivity contribution in [3.8, 4) is 0 Å². The number of aliphatic hydroxyl groups excluding tert-OH is 6. The summed E-state index contributed by atoms with van der Waals surface area (Å²) in [4.78, 5) is 0. The normalized spacial score (nSPS) is 23.6. The minimum Gasteiger partial charge on any atom is -0.400 e. The van der Waals surface area contributed by atoms with Gasteiger partial charge in [-0.15, -0.1) is 0 Å². The predicted molar refractivity (Wildman–Crippen MR) is 554 cm³/mol. The molecule has 16 atom stereocenters. The van der Waals surface area contributed by atoms with Crippen molar-refractivity contribution in [1.82, 2.24) is 0 Å². The van der Waals surface area contributed by atoms with Crippen molar-refractivity contribution in [2.45, 2.75) is 316 Å². The molecule has 12 aliphatic rings. The van der Waals surface area contributed by atoms with E-state index in [1.54, 1.807) is 154 Å². The highest BCUT2D eigenvalue weighted by molar-refractivity contribution is 5.83. The molecule has 0 radical (unpaired) electrons. The van der Waals surface area contributed by atoms with Gasteiger partial charge in [-0.05, 0) is 255 Å². The van der Waals surface area contributed by atoms with Crippen LogP contribution in [0.2, 0.25) is 0 Å². The molecular formula is C118H194O6. The highest BCUT2D eigenvalue weighted by atomic mass is 16.2. The topological polar surface area (TPSA) is 121 Å². The van der Waals surface area contributed by atoms with Crippen LogP contribution in [0.1, 0.15) is 316 Å². The second-order valence-corrected chi connectivity index (χ2v) is 34.5. The zero-order valence-corrected chi connectivity index (χ0v) is 83.8. The van der Waals surface area contributed by atoms with E-state index in [1.165, 1.54) is 178 Å². The second-order valence-electron chi connectivity index (χ2n) is 34.5. The molecule has 0 aliphatic heterocycles. The summed E-state index contributed by atoms with van der Waals surface area (Å²) in [5, 5.41) is 49.9. The van der Waals surface area contributed by atoms with Crippen molar-refractivity contribution in [3.63, 3.8) is 0 Å². The van der Waals surface area contributed by atoms with Gasteiger partial charge in [-0.1, -0.05) is 443 Å². The van der Waals surface area contributed by atoms with Crippen molar-refractivity contribution < 1.29 is 30.6 Å². The molecule has 6 nitrogen and oxygen atoms in total. The van der Waals surface area contributed by atoms with E-state index in [4.69, 9.17) is 30.6 Å². The molecule has 9 aromatic carbocycles. The number of benzene rings is 9. The summed E-state index contributed by atoms with van der Waals surface area (Å²) < 4.78 is 0. The van der Waals surface area contributed by atoms with E-state index in [9.17, 15) is 0 Å². The van der Waals surface area contributed by atoms with Gasteiger partial charge in [-0.2, -0.15) is 0 Å². The van der Waals surface area contributed by atoms with E-state index in [0.29, 0.717) is 0 Å². The molecule has 0 spiro atoms. The first kappa shape index (κ1) is 122. The first-order valence-electron chi connectivity index (χ1n) is 50.0. The van der Waals surface area contributed by atoms with Crippen LogP contribution in [-0.4, -0.2) is 73.3 Å². The summed E-state index contributed by atoms with van der Waals surface area (Å²) in [5.41, 5.74) is 0. The first-order valence-corrected chi connectivity index (χ1v) is 50.0. The Hall–Kier alpha value is -6.48. The molecule has 0 saturated heterocycles. The van der Waals surface area contributed by atoms with Gasteiger partial charge < -0.3 is 30.6 Å². The van der Waals surface area contributed by atoms with Crippen LogP contribution in [0, 0.1) is 94.7 Å². The zero-order valence-electron chi connectivity index (χ0n) is 83.8. The Morgan fingerprint density at radius 2 is 0.226 bits per heavy atom. The Labute approximate surface area is 766 Å². The van der Waals surface area contributed by atoms with Gasteiger partial charge in [0.15, 0.2) is 0 Å². The van der Waals surface area contributed by atoms with Crippen LogP contribution in [0.25, 0.3) is 32.3 Å². The van der Waals surface area contributed by atoms with Gasteiger partial charge in [0.25, 0.3) is 0 Å². The lowest BCUT2D eigenvalue weighted by Gasteiger charge is -2.23. The quantitative estimate of drug-likeness (QED) is 0.0900. The fourth-order valence-electron chi connectivity index (χ4n) is 20.6. The Bertz CT molecular complexity index is 2800. The highest BCUT2D eigenvalue weighted by Gasteiger charge is 2.51. The van der Waals surface area contributed by atoms with Crippen LogP contribution < -0.4 is 0 Å².